The number of piperazine rings is 1. The van der Waals surface area contributed by atoms with Crippen molar-refractivity contribution in [2.75, 3.05) is 39.5 Å². The number of hydrogen-bond acceptors (Lipinski definition) is 4. The maximum atomic E-state index is 12.7. The van der Waals surface area contributed by atoms with Gasteiger partial charge in [-0.1, -0.05) is 24.3 Å². The van der Waals surface area contributed by atoms with Crippen LogP contribution in [0.15, 0.2) is 48.5 Å². The first kappa shape index (κ1) is 19.7. The number of fused-ring (bicyclic) bond motifs is 2. The average molecular weight is 418 g/mol. The van der Waals surface area contributed by atoms with Gasteiger partial charge in [0, 0.05) is 61.0 Å². The number of amides is 1. The van der Waals surface area contributed by atoms with Crippen LogP contribution < -0.4 is 9.47 Å². The molecule has 0 atom stereocenters. The molecule has 3 aromatic rings. The third-order valence-corrected chi connectivity index (χ3v) is 6.17. The Morgan fingerprint density at radius 3 is 2.74 bits per heavy atom. The van der Waals surface area contributed by atoms with Crippen LogP contribution in [0.25, 0.3) is 17.0 Å². The van der Waals surface area contributed by atoms with E-state index < -0.39 is 0 Å². The van der Waals surface area contributed by atoms with Gasteiger partial charge in [-0.3, -0.25) is 9.69 Å². The lowest BCUT2D eigenvalue weighted by atomic mass is 10.1. The van der Waals surface area contributed by atoms with Crippen LogP contribution in [0, 0.1) is 6.92 Å². The van der Waals surface area contributed by atoms with Crippen molar-refractivity contribution in [3.63, 3.8) is 0 Å². The van der Waals surface area contributed by atoms with Crippen molar-refractivity contribution in [2.45, 2.75) is 13.3 Å². The van der Waals surface area contributed by atoms with E-state index in [1.165, 1.54) is 5.56 Å². The van der Waals surface area contributed by atoms with Gasteiger partial charge >= 0.3 is 0 Å². The van der Waals surface area contributed by atoms with Crippen LogP contribution in [0.1, 0.15) is 16.8 Å². The molecule has 0 saturated carbocycles. The van der Waals surface area contributed by atoms with Gasteiger partial charge in [0.25, 0.3) is 0 Å². The van der Waals surface area contributed by atoms with E-state index in [1.54, 1.807) is 6.08 Å². The van der Waals surface area contributed by atoms with Crippen LogP contribution in [-0.2, 0) is 11.2 Å². The number of rotatable bonds is 5. The fraction of sp³-hybridized carbons (Fsp3) is 0.320. The number of ether oxygens (including phenoxy) is 2. The van der Waals surface area contributed by atoms with Crippen LogP contribution in [-0.4, -0.2) is 60.2 Å². The lowest BCUT2D eigenvalue weighted by Crippen LogP contribution is -2.48. The molecule has 1 saturated heterocycles. The number of hydrogen-bond donors (Lipinski definition) is 1. The third kappa shape index (κ3) is 4.16. The smallest absolute Gasteiger partial charge is 0.246 e. The Morgan fingerprint density at radius 2 is 1.87 bits per heavy atom. The molecule has 2 aromatic carbocycles. The monoisotopic (exact) mass is 417 g/mol. The first-order valence-electron chi connectivity index (χ1n) is 10.8. The molecule has 6 nitrogen and oxygen atoms in total. The Kier molecular flexibility index (Phi) is 5.38. The van der Waals surface area contributed by atoms with E-state index in [0.717, 1.165) is 72.8 Å². The number of aromatic nitrogens is 1. The summed E-state index contributed by atoms with van der Waals surface area (Å²) in [4.78, 5) is 20.5. The first-order chi connectivity index (χ1) is 15.2. The maximum Gasteiger partial charge on any atom is 0.246 e. The van der Waals surface area contributed by atoms with Crippen LogP contribution in [0.3, 0.4) is 0 Å². The van der Waals surface area contributed by atoms with E-state index in [1.807, 2.05) is 36.1 Å². The average Bonchev–Trinajstić information content (AvgIpc) is 3.39. The lowest BCUT2D eigenvalue weighted by Gasteiger charge is -2.34. The summed E-state index contributed by atoms with van der Waals surface area (Å²) in [5.74, 6) is 1.75. The highest BCUT2D eigenvalue weighted by molar-refractivity contribution is 5.97. The molecule has 6 heteroatoms. The van der Waals surface area contributed by atoms with E-state index >= 15 is 0 Å². The van der Waals surface area contributed by atoms with Crippen molar-refractivity contribution < 1.29 is 14.3 Å². The minimum Gasteiger partial charge on any atom is -0.454 e. The second kappa shape index (κ2) is 8.47. The Labute approximate surface area is 182 Å². The predicted octanol–water partition coefficient (Wildman–Crippen LogP) is 3.61. The molecular weight excluding hydrogens is 390 g/mol. The standard InChI is InChI=1S/C25H27N3O3/c1-18-20(21-4-2-3-5-22(21)26-18)7-9-25(29)28-14-12-27(13-15-28)11-10-19-6-8-23-24(16-19)31-17-30-23/h2-9,16,26H,10-15,17H2,1H3. The number of carbonyl (C=O) groups excluding carboxylic acids is 1. The van der Waals surface area contributed by atoms with E-state index in [9.17, 15) is 4.79 Å². The lowest BCUT2D eigenvalue weighted by molar-refractivity contribution is -0.127. The Bertz CT molecular complexity index is 1130. The zero-order valence-corrected chi connectivity index (χ0v) is 17.8. The number of para-hydroxylation sites is 1. The summed E-state index contributed by atoms with van der Waals surface area (Å²) in [6.45, 7) is 6.65. The zero-order chi connectivity index (χ0) is 21.2. The van der Waals surface area contributed by atoms with Crippen molar-refractivity contribution in [2.24, 2.45) is 0 Å². The van der Waals surface area contributed by atoms with Crippen molar-refractivity contribution >= 4 is 22.9 Å². The van der Waals surface area contributed by atoms with Crippen LogP contribution >= 0.6 is 0 Å². The molecule has 0 aliphatic carbocycles. The highest BCUT2D eigenvalue weighted by atomic mass is 16.7. The molecule has 3 heterocycles. The predicted molar refractivity (Wildman–Crippen MR) is 121 cm³/mol. The molecule has 0 bridgehead atoms. The van der Waals surface area contributed by atoms with Crippen molar-refractivity contribution in [1.29, 1.82) is 0 Å². The van der Waals surface area contributed by atoms with Gasteiger partial charge in [-0.25, -0.2) is 0 Å². The number of aromatic amines is 1. The molecule has 1 N–H and O–H groups in total. The molecule has 1 aromatic heterocycles. The highest BCUT2D eigenvalue weighted by Crippen LogP contribution is 2.32. The molecule has 2 aliphatic heterocycles. The second-order valence-corrected chi connectivity index (χ2v) is 8.15. The van der Waals surface area contributed by atoms with Gasteiger partial charge in [0.2, 0.25) is 12.7 Å². The number of nitrogens with zero attached hydrogens (tertiary/aromatic N) is 2. The van der Waals surface area contributed by atoms with E-state index in [-0.39, 0.29) is 5.91 Å². The molecule has 0 spiro atoms. The number of H-pyrrole nitrogens is 1. The first-order valence-corrected chi connectivity index (χ1v) is 10.8. The Morgan fingerprint density at radius 1 is 1.06 bits per heavy atom. The highest BCUT2D eigenvalue weighted by Gasteiger charge is 2.20. The minimum atomic E-state index is 0.0834. The van der Waals surface area contributed by atoms with Gasteiger partial charge in [0.15, 0.2) is 11.5 Å². The molecule has 5 rings (SSSR count). The van der Waals surface area contributed by atoms with Gasteiger partial charge in [-0.2, -0.15) is 0 Å². The molecule has 31 heavy (non-hydrogen) atoms. The topological polar surface area (TPSA) is 57.8 Å². The largest absolute Gasteiger partial charge is 0.454 e. The summed E-state index contributed by atoms with van der Waals surface area (Å²) in [6, 6.07) is 14.3. The fourth-order valence-electron chi connectivity index (χ4n) is 4.35. The van der Waals surface area contributed by atoms with Gasteiger partial charge in [-0.15, -0.1) is 0 Å². The van der Waals surface area contributed by atoms with Gasteiger partial charge in [0.05, 0.1) is 0 Å². The quantitative estimate of drug-likeness (QED) is 0.645. The van der Waals surface area contributed by atoms with E-state index in [2.05, 4.69) is 34.1 Å². The van der Waals surface area contributed by atoms with E-state index in [4.69, 9.17) is 9.47 Å². The second-order valence-electron chi connectivity index (χ2n) is 8.15. The summed E-state index contributed by atoms with van der Waals surface area (Å²) in [5.41, 5.74) is 4.52. The fourth-order valence-corrected chi connectivity index (χ4v) is 4.35. The van der Waals surface area contributed by atoms with Crippen LogP contribution in [0.5, 0.6) is 11.5 Å². The summed E-state index contributed by atoms with van der Waals surface area (Å²) in [5, 5.41) is 1.15. The van der Waals surface area contributed by atoms with Crippen molar-refractivity contribution in [3.05, 3.63) is 65.4 Å². The number of nitrogens with one attached hydrogen (secondary N) is 1. The van der Waals surface area contributed by atoms with E-state index in [0.29, 0.717) is 6.79 Å². The Balaban J connectivity index is 1.13. The molecule has 1 fully saturated rings. The summed E-state index contributed by atoms with van der Waals surface area (Å²) >= 11 is 0. The summed E-state index contributed by atoms with van der Waals surface area (Å²) in [6.07, 6.45) is 4.62. The van der Waals surface area contributed by atoms with Gasteiger partial charge in [0.1, 0.15) is 0 Å². The SMILES string of the molecule is Cc1[nH]c2ccccc2c1C=CC(=O)N1CCN(CCc2ccc3c(c2)OCO3)CC1. The van der Waals surface area contributed by atoms with Crippen LogP contribution in [0.2, 0.25) is 0 Å². The van der Waals surface area contributed by atoms with Gasteiger partial charge < -0.3 is 19.4 Å². The third-order valence-electron chi connectivity index (χ3n) is 6.17. The normalized spacial score (nSPS) is 16.5. The minimum absolute atomic E-state index is 0.0834. The maximum absolute atomic E-state index is 12.7. The number of benzene rings is 2. The summed E-state index contributed by atoms with van der Waals surface area (Å²) < 4.78 is 10.8. The Hall–Kier alpha value is -3.25. The molecule has 160 valence electrons. The molecular formula is C25H27N3O3. The number of aryl methyl sites for hydroxylation is 1. The molecule has 2 aliphatic rings. The van der Waals surface area contributed by atoms with Crippen LogP contribution in [0.4, 0.5) is 0 Å². The molecule has 0 unspecified atom stereocenters. The molecule has 0 radical (unpaired) electrons. The number of carbonyl (C=O) groups is 1. The zero-order valence-electron chi connectivity index (χ0n) is 17.8. The van der Waals surface area contributed by atoms with Gasteiger partial charge in [-0.05, 0) is 43.2 Å². The van der Waals surface area contributed by atoms with Crippen molar-refractivity contribution in [3.8, 4) is 11.5 Å². The van der Waals surface area contributed by atoms with Crippen molar-refractivity contribution in [1.82, 2.24) is 14.8 Å². The summed E-state index contributed by atoms with van der Waals surface area (Å²) in [7, 11) is 0. The molecule has 1 amide bonds.